The first-order valence-corrected chi connectivity index (χ1v) is 5.71. The minimum atomic E-state index is 0.595. The number of nitrogens with zero attached hydrogens (tertiary/aromatic N) is 1. The molecular weight excluding hydrogens is 224 g/mol. The molecule has 1 heterocycles. The Morgan fingerprint density at radius 2 is 2.38 bits per heavy atom. The van der Waals surface area contributed by atoms with Gasteiger partial charge in [0.2, 0.25) is 0 Å². The van der Waals surface area contributed by atoms with E-state index in [0.29, 0.717) is 23.3 Å². The second-order valence-electron chi connectivity index (χ2n) is 3.03. The number of anilines is 1. The van der Waals surface area contributed by atoms with Crippen LogP contribution >= 0.6 is 11.8 Å². The van der Waals surface area contributed by atoms with Gasteiger partial charge in [0.15, 0.2) is 0 Å². The smallest absolute Gasteiger partial charge is 0.260 e. The van der Waals surface area contributed by atoms with Gasteiger partial charge < -0.3 is 14.9 Å². The number of nitrogen functional groups attached to an aromatic ring is 1. The van der Waals surface area contributed by atoms with Crippen LogP contribution in [0.3, 0.4) is 0 Å². The Balaban J connectivity index is 2.19. The summed E-state index contributed by atoms with van der Waals surface area (Å²) in [5.41, 5.74) is 6.41. The number of aromatic nitrogens is 1. The third kappa shape index (κ3) is 2.49. The average molecular weight is 236 g/mol. The van der Waals surface area contributed by atoms with E-state index in [1.807, 2.05) is 25.1 Å². The van der Waals surface area contributed by atoms with E-state index in [1.165, 1.54) is 11.8 Å². The van der Waals surface area contributed by atoms with Crippen LogP contribution < -0.4 is 10.5 Å². The maximum Gasteiger partial charge on any atom is 0.260 e. The van der Waals surface area contributed by atoms with E-state index in [9.17, 15) is 0 Å². The zero-order valence-corrected chi connectivity index (χ0v) is 9.66. The molecule has 0 aliphatic rings. The van der Waals surface area contributed by atoms with E-state index in [2.05, 4.69) is 4.98 Å². The molecule has 4 nitrogen and oxygen atoms in total. The number of nitrogens with two attached hydrogens (primary N) is 1. The number of hydrogen-bond donors (Lipinski definition) is 1. The Kier molecular flexibility index (Phi) is 3.36. The van der Waals surface area contributed by atoms with Crippen molar-refractivity contribution in [3.63, 3.8) is 0 Å². The van der Waals surface area contributed by atoms with Crippen LogP contribution in [-0.4, -0.2) is 11.6 Å². The van der Waals surface area contributed by atoms with Crippen LogP contribution in [-0.2, 0) is 0 Å². The Morgan fingerprint density at radius 1 is 1.50 bits per heavy atom. The fraction of sp³-hybridized carbons (Fsp3) is 0.182. The minimum absolute atomic E-state index is 0.595. The van der Waals surface area contributed by atoms with E-state index in [0.717, 1.165) is 4.90 Å². The molecule has 16 heavy (non-hydrogen) atoms. The lowest BCUT2D eigenvalue weighted by Crippen LogP contribution is -1.96. The summed E-state index contributed by atoms with van der Waals surface area (Å²) in [4.78, 5) is 5.02. The summed E-state index contributed by atoms with van der Waals surface area (Å²) in [6.07, 6.45) is 3.16. The molecule has 0 aliphatic carbocycles. The predicted octanol–water partition coefficient (Wildman–Crippen LogP) is 2.81. The van der Waals surface area contributed by atoms with Gasteiger partial charge in [-0.25, -0.2) is 4.98 Å². The van der Waals surface area contributed by atoms with Gasteiger partial charge >= 0.3 is 0 Å². The zero-order valence-electron chi connectivity index (χ0n) is 8.84. The summed E-state index contributed by atoms with van der Waals surface area (Å²) < 4.78 is 10.6. The van der Waals surface area contributed by atoms with Crippen molar-refractivity contribution in [2.45, 2.75) is 17.0 Å². The fourth-order valence-electron chi connectivity index (χ4n) is 1.22. The molecule has 5 heteroatoms. The van der Waals surface area contributed by atoms with Crippen molar-refractivity contribution in [1.29, 1.82) is 0 Å². The zero-order chi connectivity index (χ0) is 11.4. The van der Waals surface area contributed by atoms with E-state index < -0.39 is 0 Å². The van der Waals surface area contributed by atoms with Gasteiger partial charge in [-0.05, 0) is 36.9 Å². The molecule has 84 valence electrons. The van der Waals surface area contributed by atoms with E-state index >= 15 is 0 Å². The highest BCUT2D eigenvalue weighted by molar-refractivity contribution is 7.99. The lowest BCUT2D eigenvalue weighted by atomic mass is 10.3. The molecule has 0 saturated carbocycles. The maximum atomic E-state index is 5.78. The van der Waals surface area contributed by atoms with Crippen molar-refractivity contribution >= 4 is 17.4 Å². The Hall–Kier alpha value is -1.62. The SMILES string of the molecule is CCOc1cc(Sc2ncco2)ccc1N. The lowest BCUT2D eigenvalue weighted by Gasteiger charge is -2.07. The predicted molar refractivity (Wildman–Crippen MR) is 62.6 cm³/mol. The molecule has 0 atom stereocenters. The van der Waals surface area contributed by atoms with Crippen molar-refractivity contribution in [1.82, 2.24) is 4.98 Å². The lowest BCUT2D eigenvalue weighted by molar-refractivity contribution is 0.341. The van der Waals surface area contributed by atoms with Crippen LogP contribution in [0.5, 0.6) is 5.75 Å². The highest BCUT2D eigenvalue weighted by Gasteiger charge is 2.05. The van der Waals surface area contributed by atoms with Crippen LogP contribution in [0.1, 0.15) is 6.92 Å². The second-order valence-corrected chi connectivity index (χ2v) is 4.06. The molecule has 0 unspecified atom stereocenters. The summed E-state index contributed by atoms with van der Waals surface area (Å²) >= 11 is 1.43. The molecule has 0 bridgehead atoms. The van der Waals surface area contributed by atoms with Crippen LogP contribution in [0.25, 0.3) is 0 Å². The molecule has 0 amide bonds. The third-order valence-corrected chi connectivity index (χ3v) is 2.77. The van der Waals surface area contributed by atoms with E-state index in [-0.39, 0.29) is 0 Å². The van der Waals surface area contributed by atoms with Crippen LogP contribution in [0.2, 0.25) is 0 Å². The molecule has 0 radical (unpaired) electrons. The molecule has 2 rings (SSSR count). The summed E-state index contributed by atoms with van der Waals surface area (Å²) in [5, 5.41) is 0.604. The monoisotopic (exact) mass is 236 g/mol. The largest absolute Gasteiger partial charge is 0.492 e. The fourth-order valence-corrected chi connectivity index (χ4v) is 1.94. The molecule has 1 aromatic carbocycles. The van der Waals surface area contributed by atoms with Gasteiger partial charge in [-0.1, -0.05) is 0 Å². The molecule has 0 aliphatic heterocycles. The first kappa shape index (κ1) is 10.9. The molecule has 2 N–H and O–H groups in total. The van der Waals surface area contributed by atoms with Gasteiger partial charge in [0.1, 0.15) is 12.0 Å². The van der Waals surface area contributed by atoms with E-state index in [4.69, 9.17) is 14.9 Å². The number of hydrogen-bond acceptors (Lipinski definition) is 5. The van der Waals surface area contributed by atoms with Gasteiger partial charge in [-0.15, -0.1) is 0 Å². The molecule has 1 aromatic heterocycles. The summed E-state index contributed by atoms with van der Waals surface area (Å²) in [7, 11) is 0. The first-order valence-electron chi connectivity index (χ1n) is 4.89. The van der Waals surface area contributed by atoms with Gasteiger partial charge in [-0.3, -0.25) is 0 Å². The van der Waals surface area contributed by atoms with Crippen LogP contribution in [0.15, 0.2) is 45.2 Å². The summed E-state index contributed by atoms with van der Waals surface area (Å²) in [6, 6.07) is 5.61. The number of oxazole rings is 1. The average Bonchev–Trinajstić information content (AvgIpc) is 2.76. The Morgan fingerprint density at radius 3 is 3.06 bits per heavy atom. The number of benzene rings is 1. The van der Waals surface area contributed by atoms with Crippen molar-refractivity contribution in [2.24, 2.45) is 0 Å². The standard InChI is InChI=1S/C11H12N2O2S/c1-2-14-10-7-8(3-4-9(10)12)16-11-13-5-6-15-11/h3-7H,2,12H2,1H3. The van der Waals surface area contributed by atoms with Crippen molar-refractivity contribution < 1.29 is 9.15 Å². The number of ether oxygens (including phenoxy) is 1. The molecule has 0 spiro atoms. The van der Waals surface area contributed by atoms with Gasteiger partial charge in [0.05, 0.1) is 18.5 Å². The summed E-state index contributed by atoms with van der Waals surface area (Å²) in [5.74, 6) is 0.694. The topological polar surface area (TPSA) is 61.3 Å². The first-order chi connectivity index (χ1) is 7.79. The van der Waals surface area contributed by atoms with Crippen LogP contribution in [0, 0.1) is 0 Å². The second kappa shape index (κ2) is 4.94. The van der Waals surface area contributed by atoms with Crippen molar-refractivity contribution in [3.8, 4) is 5.75 Å². The third-order valence-electron chi connectivity index (χ3n) is 1.90. The van der Waals surface area contributed by atoms with Crippen molar-refractivity contribution in [2.75, 3.05) is 12.3 Å². The minimum Gasteiger partial charge on any atom is -0.492 e. The van der Waals surface area contributed by atoms with Gasteiger partial charge in [0, 0.05) is 4.90 Å². The van der Waals surface area contributed by atoms with Gasteiger partial charge in [0.25, 0.3) is 5.22 Å². The quantitative estimate of drug-likeness (QED) is 0.827. The maximum absolute atomic E-state index is 5.78. The summed E-state index contributed by atoms with van der Waals surface area (Å²) in [6.45, 7) is 2.52. The normalized spacial score (nSPS) is 10.3. The number of rotatable bonds is 4. The van der Waals surface area contributed by atoms with Gasteiger partial charge in [-0.2, -0.15) is 0 Å². The molecule has 2 aromatic rings. The van der Waals surface area contributed by atoms with Crippen molar-refractivity contribution in [3.05, 3.63) is 30.7 Å². The molecule has 0 saturated heterocycles. The van der Waals surface area contributed by atoms with Crippen LogP contribution in [0.4, 0.5) is 5.69 Å². The molecule has 0 fully saturated rings. The highest BCUT2D eigenvalue weighted by Crippen LogP contribution is 2.32. The molecular formula is C11H12N2O2S. The Bertz CT molecular complexity index is 457. The van der Waals surface area contributed by atoms with E-state index in [1.54, 1.807) is 12.5 Å². The Labute approximate surface area is 97.8 Å². The highest BCUT2D eigenvalue weighted by atomic mass is 32.2.